The average molecular weight is 480 g/mol. The van der Waals surface area contributed by atoms with E-state index in [1.807, 2.05) is 0 Å². The second kappa shape index (κ2) is 10.1. The number of carbonyl (C=O) groups excluding carboxylic acids is 2. The van der Waals surface area contributed by atoms with Gasteiger partial charge in [0.05, 0.1) is 23.3 Å². The molecule has 0 unspecified atom stereocenters. The Morgan fingerprint density at radius 3 is 2.29 bits per heavy atom. The smallest absolute Gasteiger partial charge is 0.342 e. The number of esters is 1. The van der Waals surface area contributed by atoms with Gasteiger partial charge in [-0.3, -0.25) is 4.79 Å². The van der Waals surface area contributed by atoms with Crippen LogP contribution in [0.5, 0.6) is 5.75 Å². The first-order valence-corrected chi connectivity index (χ1v) is 11.3. The maximum atomic E-state index is 12.3. The first kappa shape index (κ1) is 24.3. The third-order valence-corrected chi connectivity index (χ3v) is 5.70. The molecule has 34 heavy (non-hydrogen) atoms. The summed E-state index contributed by atoms with van der Waals surface area (Å²) >= 11 is 0. The van der Waals surface area contributed by atoms with Crippen molar-refractivity contribution in [1.29, 1.82) is 0 Å². The molecule has 1 amide bonds. The number of ether oxygens (including phenoxy) is 2. The summed E-state index contributed by atoms with van der Waals surface area (Å²) in [4.78, 5) is 24.1. The Morgan fingerprint density at radius 2 is 1.68 bits per heavy atom. The van der Waals surface area contributed by atoms with Gasteiger partial charge in [-0.1, -0.05) is 36.1 Å². The molecular formula is C24H21N3O6S. The molecule has 0 heterocycles. The van der Waals surface area contributed by atoms with E-state index in [0.717, 1.165) is 0 Å². The van der Waals surface area contributed by atoms with Crippen LogP contribution in [0.2, 0.25) is 0 Å². The van der Waals surface area contributed by atoms with Crippen LogP contribution in [0.15, 0.2) is 65.6 Å². The fraction of sp³-hybridized carbons (Fsp3) is 0.0833. The van der Waals surface area contributed by atoms with Crippen molar-refractivity contribution in [2.24, 2.45) is 10.9 Å². The van der Waals surface area contributed by atoms with Gasteiger partial charge in [-0.2, -0.15) is 0 Å². The molecule has 174 valence electrons. The van der Waals surface area contributed by atoms with Gasteiger partial charge in [0, 0.05) is 11.1 Å². The number of sulfonamides is 1. The van der Waals surface area contributed by atoms with E-state index in [-0.39, 0.29) is 28.3 Å². The number of methoxy groups -OCH3 is 1. The van der Waals surface area contributed by atoms with E-state index in [4.69, 9.17) is 26.1 Å². The molecule has 0 fully saturated rings. The summed E-state index contributed by atoms with van der Waals surface area (Å²) in [6, 6.07) is 15.3. The number of primary amides is 1. The minimum atomic E-state index is -3.87. The summed E-state index contributed by atoms with van der Waals surface area (Å²) in [5.74, 6) is 4.54. The molecule has 9 nitrogen and oxygen atoms in total. The van der Waals surface area contributed by atoms with Gasteiger partial charge in [-0.25, -0.2) is 18.4 Å². The Labute approximate surface area is 196 Å². The molecule has 0 aromatic heterocycles. The van der Waals surface area contributed by atoms with E-state index in [2.05, 4.69) is 11.8 Å². The number of para-hydroxylation sites is 1. The van der Waals surface area contributed by atoms with Crippen LogP contribution in [0.25, 0.3) is 11.1 Å². The Kier molecular flexibility index (Phi) is 7.21. The average Bonchev–Trinajstić information content (AvgIpc) is 2.81. The van der Waals surface area contributed by atoms with Crippen LogP contribution >= 0.6 is 0 Å². The lowest BCUT2D eigenvalue weighted by atomic mass is 9.97. The predicted octanol–water partition coefficient (Wildman–Crippen LogP) is 1.90. The molecule has 0 bridgehead atoms. The Balaban J connectivity index is 1.87. The molecule has 3 aromatic rings. The van der Waals surface area contributed by atoms with E-state index in [0.29, 0.717) is 22.4 Å². The minimum Gasteiger partial charge on any atom is -0.496 e. The second-order valence-electron chi connectivity index (χ2n) is 7.00. The van der Waals surface area contributed by atoms with Crippen LogP contribution < -0.4 is 21.3 Å². The first-order chi connectivity index (χ1) is 16.1. The van der Waals surface area contributed by atoms with Gasteiger partial charge < -0.3 is 20.9 Å². The lowest BCUT2D eigenvalue weighted by Gasteiger charge is -2.11. The highest BCUT2D eigenvalue weighted by atomic mass is 32.2. The molecule has 0 aliphatic rings. The summed E-state index contributed by atoms with van der Waals surface area (Å²) < 4.78 is 33.3. The number of nitrogens with two attached hydrogens (primary N) is 3. The van der Waals surface area contributed by atoms with E-state index in [9.17, 15) is 18.0 Å². The maximum absolute atomic E-state index is 12.3. The largest absolute Gasteiger partial charge is 0.496 e. The molecule has 6 N–H and O–H groups in total. The number of rotatable bonds is 6. The second-order valence-corrected chi connectivity index (χ2v) is 8.56. The Hall–Kier alpha value is -4.33. The van der Waals surface area contributed by atoms with Crippen molar-refractivity contribution < 1.29 is 27.5 Å². The van der Waals surface area contributed by atoms with Crippen molar-refractivity contribution in [2.75, 3.05) is 19.5 Å². The number of nitrogen functional groups attached to an aromatic ring is 1. The summed E-state index contributed by atoms with van der Waals surface area (Å²) in [5, 5.41) is 5.13. The molecule has 0 saturated carbocycles. The fourth-order valence-electron chi connectivity index (χ4n) is 3.12. The van der Waals surface area contributed by atoms with Crippen LogP contribution in [0.3, 0.4) is 0 Å². The first-order valence-electron chi connectivity index (χ1n) is 9.77. The van der Waals surface area contributed by atoms with Crippen LogP contribution in [0.1, 0.15) is 26.3 Å². The van der Waals surface area contributed by atoms with Gasteiger partial charge in [0.25, 0.3) is 5.91 Å². The molecule has 0 atom stereocenters. The fourth-order valence-corrected chi connectivity index (χ4v) is 3.64. The lowest BCUT2D eigenvalue weighted by Crippen LogP contribution is -2.14. The number of amides is 1. The number of benzene rings is 3. The molecule has 0 spiro atoms. The van der Waals surface area contributed by atoms with Gasteiger partial charge in [0.1, 0.15) is 11.3 Å². The standard InChI is InChI=1S/C24H21N3O6S/c1-32-21-7-3-2-6-18(21)24(29)33-12-4-5-15-13-19(22(25)20(14-15)23(26)28)16-8-10-17(11-9-16)34(27,30)31/h2-3,6-11,13-14H,12,25H2,1H3,(H2,26,28)(H2,27,30,31). The third-order valence-electron chi connectivity index (χ3n) is 4.77. The molecule has 0 aliphatic carbocycles. The third kappa shape index (κ3) is 5.53. The molecule has 10 heteroatoms. The summed E-state index contributed by atoms with van der Waals surface area (Å²) in [6.45, 7) is -0.217. The van der Waals surface area contributed by atoms with E-state index >= 15 is 0 Å². The SMILES string of the molecule is COc1ccccc1C(=O)OCC#Cc1cc(C(N)=O)c(N)c(-c2ccc(S(N)(=O)=O)cc2)c1. The van der Waals surface area contributed by atoms with Gasteiger partial charge >= 0.3 is 5.97 Å². The van der Waals surface area contributed by atoms with E-state index in [1.165, 1.54) is 37.4 Å². The number of hydrogen-bond donors (Lipinski definition) is 3. The Bertz CT molecular complexity index is 1420. The van der Waals surface area contributed by atoms with Crippen LogP contribution in [0, 0.1) is 11.8 Å². The number of hydrogen-bond acceptors (Lipinski definition) is 7. The van der Waals surface area contributed by atoms with Crippen LogP contribution in [-0.4, -0.2) is 34.0 Å². The Morgan fingerprint density at radius 1 is 1.00 bits per heavy atom. The highest BCUT2D eigenvalue weighted by molar-refractivity contribution is 7.89. The normalized spacial score (nSPS) is 10.6. The zero-order chi connectivity index (χ0) is 24.9. The van der Waals surface area contributed by atoms with E-state index < -0.39 is 21.9 Å². The molecule has 0 aliphatic heterocycles. The lowest BCUT2D eigenvalue weighted by molar-refractivity contribution is 0.0553. The molecule has 0 radical (unpaired) electrons. The summed E-state index contributed by atoms with van der Waals surface area (Å²) in [7, 11) is -2.42. The van der Waals surface area contributed by atoms with Crippen molar-refractivity contribution in [3.05, 3.63) is 77.4 Å². The summed E-state index contributed by atoms with van der Waals surface area (Å²) in [5.41, 5.74) is 13.3. The number of primary sulfonamides is 1. The molecular weight excluding hydrogens is 458 g/mol. The maximum Gasteiger partial charge on any atom is 0.342 e. The van der Waals surface area contributed by atoms with Crippen LogP contribution in [-0.2, 0) is 14.8 Å². The van der Waals surface area contributed by atoms with Gasteiger partial charge in [0.2, 0.25) is 10.0 Å². The number of anilines is 1. The van der Waals surface area contributed by atoms with E-state index in [1.54, 1.807) is 30.3 Å². The highest BCUT2D eigenvalue weighted by Gasteiger charge is 2.15. The molecule has 3 aromatic carbocycles. The molecule has 3 rings (SSSR count). The molecule has 0 saturated heterocycles. The van der Waals surface area contributed by atoms with Crippen molar-refractivity contribution in [2.45, 2.75) is 4.90 Å². The van der Waals surface area contributed by atoms with Crippen LogP contribution in [0.4, 0.5) is 5.69 Å². The van der Waals surface area contributed by atoms with Gasteiger partial charge in [-0.05, 0) is 42.0 Å². The highest BCUT2D eigenvalue weighted by Crippen LogP contribution is 2.31. The number of carbonyl (C=O) groups is 2. The monoisotopic (exact) mass is 479 g/mol. The van der Waals surface area contributed by atoms with Crippen molar-refractivity contribution in [1.82, 2.24) is 0 Å². The van der Waals surface area contributed by atoms with Gasteiger partial charge in [-0.15, -0.1) is 0 Å². The summed E-state index contributed by atoms with van der Waals surface area (Å²) in [6.07, 6.45) is 0. The van der Waals surface area contributed by atoms with Crippen molar-refractivity contribution in [3.63, 3.8) is 0 Å². The van der Waals surface area contributed by atoms with Crippen molar-refractivity contribution in [3.8, 4) is 28.7 Å². The van der Waals surface area contributed by atoms with Crippen molar-refractivity contribution >= 4 is 27.6 Å². The zero-order valence-electron chi connectivity index (χ0n) is 18.1. The van der Waals surface area contributed by atoms with Gasteiger partial charge in [0.15, 0.2) is 6.61 Å². The topological polar surface area (TPSA) is 165 Å². The zero-order valence-corrected chi connectivity index (χ0v) is 18.9. The predicted molar refractivity (Wildman–Crippen MR) is 126 cm³/mol. The minimum absolute atomic E-state index is 0.0448. The quantitative estimate of drug-likeness (QED) is 0.276.